The van der Waals surface area contributed by atoms with Crippen LogP contribution in [0.4, 0.5) is 5.69 Å². The lowest BCUT2D eigenvalue weighted by molar-refractivity contribution is 0.518. The minimum Gasteiger partial charge on any atom is -0.348 e. The maximum absolute atomic E-state index is 5.64. The monoisotopic (exact) mass is 324 g/mol. The Kier molecular flexibility index (Phi) is 4.67. The molecule has 1 atom stereocenters. The van der Waals surface area contributed by atoms with Crippen molar-refractivity contribution in [3.8, 4) is 0 Å². The van der Waals surface area contributed by atoms with E-state index in [0.29, 0.717) is 5.92 Å². The molecule has 1 fully saturated rings. The zero-order chi connectivity index (χ0) is 16.4. The Balaban J connectivity index is 1.65. The summed E-state index contributed by atoms with van der Waals surface area (Å²) in [6, 6.07) is 15.3. The Morgan fingerprint density at radius 2 is 1.74 bits per heavy atom. The number of nitrogens with zero attached hydrogens (tertiary/aromatic N) is 1. The molecule has 0 bridgehead atoms. The van der Waals surface area contributed by atoms with Crippen LogP contribution in [0.25, 0.3) is 0 Å². The van der Waals surface area contributed by atoms with Gasteiger partial charge < -0.3 is 10.2 Å². The van der Waals surface area contributed by atoms with E-state index >= 15 is 0 Å². The summed E-state index contributed by atoms with van der Waals surface area (Å²) >= 11 is 5.64. The van der Waals surface area contributed by atoms with Crippen LogP contribution in [0.15, 0.2) is 42.5 Å². The Bertz CT molecular complexity index is 706. The normalized spacial score (nSPS) is 17.3. The molecule has 0 aliphatic carbocycles. The second-order valence-electron chi connectivity index (χ2n) is 6.59. The number of nitrogens with one attached hydrogen (secondary N) is 1. The van der Waals surface area contributed by atoms with E-state index in [9.17, 15) is 0 Å². The van der Waals surface area contributed by atoms with Gasteiger partial charge in [-0.05, 0) is 62.2 Å². The first-order valence-electron chi connectivity index (χ1n) is 8.22. The lowest BCUT2D eigenvalue weighted by Gasteiger charge is -2.22. The van der Waals surface area contributed by atoms with Gasteiger partial charge in [-0.1, -0.05) is 42.0 Å². The molecule has 2 nitrogen and oxygen atoms in total. The summed E-state index contributed by atoms with van der Waals surface area (Å²) in [5.41, 5.74) is 6.34. The highest BCUT2D eigenvalue weighted by Crippen LogP contribution is 2.28. The summed E-state index contributed by atoms with van der Waals surface area (Å²) < 4.78 is 0. The standard InChI is InChI=1S/C20H24N2S/c1-14-5-8-17(9-6-14)18-10-11-22(13-18)20(23)21-19-12-15(2)4-7-16(19)3/h4-9,12,18H,10-11,13H2,1-3H3,(H,21,23)/t18-/m1/s1. The fraction of sp³-hybridized carbons (Fsp3) is 0.350. The molecule has 1 heterocycles. The Morgan fingerprint density at radius 3 is 2.48 bits per heavy atom. The highest BCUT2D eigenvalue weighted by Gasteiger charge is 2.25. The largest absolute Gasteiger partial charge is 0.348 e. The molecule has 120 valence electrons. The number of thiocarbonyl (C=S) groups is 1. The molecular formula is C20H24N2S. The summed E-state index contributed by atoms with van der Waals surface area (Å²) in [6.45, 7) is 8.38. The van der Waals surface area contributed by atoms with Crippen LogP contribution in [0, 0.1) is 20.8 Å². The second-order valence-corrected chi connectivity index (χ2v) is 6.98. The molecular weight excluding hydrogens is 300 g/mol. The average molecular weight is 324 g/mol. The van der Waals surface area contributed by atoms with E-state index in [1.807, 2.05) is 0 Å². The summed E-state index contributed by atoms with van der Waals surface area (Å²) in [6.07, 6.45) is 1.16. The van der Waals surface area contributed by atoms with Gasteiger partial charge in [0.2, 0.25) is 0 Å². The van der Waals surface area contributed by atoms with Crippen LogP contribution >= 0.6 is 12.2 Å². The van der Waals surface area contributed by atoms with Crippen molar-refractivity contribution in [2.75, 3.05) is 18.4 Å². The number of benzene rings is 2. The Hall–Kier alpha value is -1.87. The van der Waals surface area contributed by atoms with E-state index in [1.54, 1.807) is 0 Å². The molecule has 0 amide bonds. The van der Waals surface area contributed by atoms with Crippen LogP contribution in [0.3, 0.4) is 0 Å². The maximum atomic E-state index is 5.64. The van der Waals surface area contributed by atoms with Gasteiger partial charge in [0.15, 0.2) is 5.11 Å². The second kappa shape index (κ2) is 6.71. The smallest absolute Gasteiger partial charge is 0.173 e. The van der Waals surface area contributed by atoms with Gasteiger partial charge in [-0.25, -0.2) is 0 Å². The van der Waals surface area contributed by atoms with Crippen LogP contribution in [-0.2, 0) is 0 Å². The topological polar surface area (TPSA) is 15.3 Å². The van der Waals surface area contributed by atoms with Gasteiger partial charge in [-0.15, -0.1) is 0 Å². The van der Waals surface area contributed by atoms with Gasteiger partial charge in [0, 0.05) is 24.7 Å². The summed E-state index contributed by atoms with van der Waals surface area (Å²) in [7, 11) is 0. The predicted octanol–water partition coefficient (Wildman–Crippen LogP) is 4.80. The number of hydrogen-bond donors (Lipinski definition) is 1. The van der Waals surface area contributed by atoms with Crippen LogP contribution in [0.1, 0.15) is 34.6 Å². The molecule has 0 unspecified atom stereocenters. The van der Waals surface area contributed by atoms with Gasteiger partial charge in [-0.3, -0.25) is 0 Å². The van der Waals surface area contributed by atoms with Crippen LogP contribution < -0.4 is 5.32 Å². The number of hydrogen-bond acceptors (Lipinski definition) is 1. The number of likely N-dealkylation sites (tertiary alicyclic amines) is 1. The third-order valence-corrected chi connectivity index (χ3v) is 5.02. The summed E-state index contributed by atoms with van der Waals surface area (Å²) in [4.78, 5) is 2.29. The molecule has 1 aliphatic rings. The molecule has 3 heteroatoms. The first-order valence-corrected chi connectivity index (χ1v) is 8.63. The molecule has 0 saturated carbocycles. The van der Waals surface area contributed by atoms with E-state index in [4.69, 9.17) is 12.2 Å². The van der Waals surface area contributed by atoms with Crippen molar-refractivity contribution in [1.29, 1.82) is 0 Å². The van der Waals surface area contributed by atoms with E-state index in [-0.39, 0.29) is 0 Å². The molecule has 2 aromatic carbocycles. The van der Waals surface area contributed by atoms with Crippen molar-refractivity contribution in [2.24, 2.45) is 0 Å². The number of aryl methyl sites for hydroxylation is 3. The Morgan fingerprint density at radius 1 is 1.04 bits per heavy atom. The first-order chi connectivity index (χ1) is 11.0. The maximum Gasteiger partial charge on any atom is 0.173 e. The van der Waals surface area contributed by atoms with E-state index in [2.05, 4.69) is 73.5 Å². The van der Waals surface area contributed by atoms with E-state index in [0.717, 1.165) is 30.3 Å². The van der Waals surface area contributed by atoms with Gasteiger partial charge >= 0.3 is 0 Å². The van der Waals surface area contributed by atoms with Gasteiger partial charge in [0.05, 0.1) is 0 Å². The lowest BCUT2D eigenvalue weighted by Crippen LogP contribution is -2.32. The third kappa shape index (κ3) is 3.73. The fourth-order valence-corrected chi connectivity index (χ4v) is 3.40. The van der Waals surface area contributed by atoms with Crippen molar-refractivity contribution >= 4 is 23.0 Å². The predicted molar refractivity (Wildman–Crippen MR) is 102 cm³/mol. The highest BCUT2D eigenvalue weighted by molar-refractivity contribution is 7.80. The Labute approximate surface area is 144 Å². The highest BCUT2D eigenvalue weighted by atomic mass is 32.1. The minimum absolute atomic E-state index is 0.578. The number of anilines is 1. The molecule has 23 heavy (non-hydrogen) atoms. The summed E-state index contributed by atoms with van der Waals surface area (Å²) in [5, 5.41) is 4.27. The van der Waals surface area contributed by atoms with Crippen molar-refractivity contribution in [3.05, 3.63) is 64.7 Å². The molecule has 1 saturated heterocycles. The van der Waals surface area contributed by atoms with Crippen molar-refractivity contribution in [2.45, 2.75) is 33.1 Å². The number of rotatable bonds is 2. The van der Waals surface area contributed by atoms with Crippen molar-refractivity contribution in [3.63, 3.8) is 0 Å². The molecule has 1 aliphatic heterocycles. The molecule has 3 rings (SSSR count). The van der Waals surface area contributed by atoms with Crippen molar-refractivity contribution < 1.29 is 0 Å². The van der Waals surface area contributed by atoms with E-state index in [1.165, 1.54) is 22.3 Å². The fourth-order valence-electron chi connectivity index (χ4n) is 3.12. The van der Waals surface area contributed by atoms with Crippen LogP contribution in [0.2, 0.25) is 0 Å². The van der Waals surface area contributed by atoms with Crippen LogP contribution in [-0.4, -0.2) is 23.1 Å². The zero-order valence-corrected chi connectivity index (χ0v) is 14.9. The molecule has 2 aromatic rings. The van der Waals surface area contributed by atoms with E-state index < -0.39 is 0 Å². The first kappa shape index (κ1) is 16.0. The third-order valence-electron chi connectivity index (χ3n) is 4.66. The lowest BCUT2D eigenvalue weighted by atomic mass is 9.98. The van der Waals surface area contributed by atoms with Gasteiger partial charge in [0.25, 0.3) is 0 Å². The molecule has 1 N–H and O–H groups in total. The zero-order valence-electron chi connectivity index (χ0n) is 14.1. The molecule has 0 aromatic heterocycles. The van der Waals surface area contributed by atoms with Gasteiger partial charge in [-0.2, -0.15) is 0 Å². The van der Waals surface area contributed by atoms with Crippen molar-refractivity contribution in [1.82, 2.24) is 4.90 Å². The average Bonchev–Trinajstić information content (AvgIpc) is 3.02. The quantitative estimate of drug-likeness (QED) is 0.799. The molecule has 0 spiro atoms. The minimum atomic E-state index is 0.578. The van der Waals surface area contributed by atoms with Crippen LogP contribution in [0.5, 0.6) is 0 Å². The SMILES string of the molecule is Cc1ccc([C@@H]2CCN(C(=S)Nc3cc(C)ccc3C)C2)cc1. The van der Waals surface area contributed by atoms with Gasteiger partial charge in [0.1, 0.15) is 0 Å². The molecule has 0 radical (unpaired) electrons. The summed E-state index contributed by atoms with van der Waals surface area (Å²) in [5.74, 6) is 0.578.